The lowest BCUT2D eigenvalue weighted by Crippen LogP contribution is -2.19. The van der Waals surface area contributed by atoms with Crippen molar-refractivity contribution < 1.29 is 4.79 Å². The lowest BCUT2D eigenvalue weighted by molar-refractivity contribution is -0.109. The molecule has 1 aromatic rings. The van der Waals surface area contributed by atoms with Gasteiger partial charge in [-0.1, -0.05) is 17.7 Å². The topological polar surface area (TPSA) is 29.1 Å². The minimum atomic E-state index is -0.185. The molecule has 2 heteroatoms. The zero-order chi connectivity index (χ0) is 10.7. The second-order valence-electron chi connectivity index (χ2n) is 3.71. The first kappa shape index (κ1) is 10.9. The van der Waals surface area contributed by atoms with Crippen LogP contribution in [0.2, 0.25) is 0 Å². The van der Waals surface area contributed by atoms with Crippen LogP contribution in [0, 0.1) is 20.8 Å². The fraction of sp³-hybridized carbons (Fsp3) is 0.417. The first-order chi connectivity index (χ1) is 6.60. The van der Waals surface area contributed by atoms with Gasteiger partial charge in [0.25, 0.3) is 0 Å². The monoisotopic (exact) mass is 191 g/mol. The van der Waals surface area contributed by atoms with E-state index >= 15 is 0 Å². The van der Waals surface area contributed by atoms with E-state index in [9.17, 15) is 4.79 Å². The van der Waals surface area contributed by atoms with Gasteiger partial charge in [0.1, 0.15) is 6.29 Å². The molecule has 0 heterocycles. The van der Waals surface area contributed by atoms with E-state index < -0.39 is 0 Å². The van der Waals surface area contributed by atoms with Crippen LogP contribution in [-0.4, -0.2) is 13.3 Å². The molecule has 0 bridgehead atoms. The summed E-state index contributed by atoms with van der Waals surface area (Å²) in [6.45, 7) is 6.16. The van der Waals surface area contributed by atoms with Crippen LogP contribution in [0.5, 0.6) is 0 Å². The first-order valence-corrected chi connectivity index (χ1v) is 4.80. The lowest BCUT2D eigenvalue weighted by atomic mass is 9.95. The predicted molar refractivity (Wildman–Crippen MR) is 58.5 cm³/mol. The van der Waals surface area contributed by atoms with Gasteiger partial charge in [0.15, 0.2) is 0 Å². The fourth-order valence-electron chi connectivity index (χ4n) is 1.96. The van der Waals surface area contributed by atoms with Gasteiger partial charge in [-0.05, 0) is 44.5 Å². The Morgan fingerprint density at radius 1 is 1.21 bits per heavy atom. The maximum atomic E-state index is 10.9. The smallest absolute Gasteiger partial charge is 0.141 e. The minimum absolute atomic E-state index is 0.185. The van der Waals surface area contributed by atoms with E-state index in [-0.39, 0.29) is 6.04 Å². The molecule has 0 amide bonds. The number of likely N-dealkylation sites (N-methyl/N-ethyl adjacent to an activating group) is 1. The molecule has 0 fully saturated rings. The molecule has 2 nitrogen and oxygen atoms in total. The number of hydrogen-bond acceptors (Lipinski definition) is 2. The van der Waals surface area contributed by atoms with Gasteiger partial charge < -0.3 is 10.1 Å². The molecule has 1 atom stereocenters. The van der Waals surface area contributed by atoms with E-state index in [0.29, 0.717) is 0 Å². The molecule has 0 radical (unpaired) electrons. The van der Waals surface area contributed by atoms with Crippen LogP contribution >= 0.6 is 0 Å². The van der Waals surface area contributed by atoms with Crippen LogP contribution in [0.3, 0.4) is 0 Å². The highest BCUT2D eigenvalue weighted by Crippen LogP contribution is 2.21. The van der Waals surface area contributed by atoms with Crippen LogP contribution in [0.25, 0.3) is 0 Å². The summed E-state index contributed by atoms with van der Waals surface area (Å²) in [6.07, 6.45) is 0.949. The Morgan fingerprint density at radius 2 is 1.71 bits per heavy atom. The molecule has 0 aliphatic heterocycles. The normalized spacial score (nSPS) is 12.6. The number of carbonyl (C=O) groups excluding carboxylic acids is 1. The molecule has 0 saturated heterocycles. The summed E-state index contributed by atoms with van der Waals surface area (Å²) in [5, 5.41) is 3.00. The quantitative estimate of drug-likeness (QED) is 0.741. The molecule has 0 spiro atoms. The molecule has 14 heavy (non-hydrogen) atoms. The Kier molecular flexibility index (Phi) is 3.42. The number of benzene rings is 1. The van der Waals surface area contributed by atoms with Gasteiger partial charge in [0.05, 0.1) is 6.04 Å². The van der Waals surface area contributed by atoms with Crippen LogP contribution < -0.4 is 5.32 Å². The van der Waals surface area contributed by atoms with Gasteiger partial charge in [-0.3, -0.25) is 0 Å². The number of aryl methyl sites for hydroxylation is 3. The van der Waals surface area contributed by atoms with Gasteiger partial charge in [0.2, 0.25) is 0 Å². The van der Waals surface area contributed by atoms with Crippen molar-refractivity contribution in [3.63, 3.8) is 0 Å². The van der Waals surface area contributed by atoms with Crippen LogP contribution in [0.4, 0.5) is 0 Å². The Bertz CT molecular complexity index is 321. The van der Waals surface area contributed by atoms with Crippen molar-refractivity contribution in [1.82, 2.24) is 5.32 Å². The number of aldehydes is 1. The third-order valence-corrected chi connectivity index (χ3v) is 2.50. The van der Waals surface area contributed by atoms with Crippen molar-refractivity contribution in [3.05, 3.63) is 34.4 Å². The van der Waals surface area contributed by atoms with E-state index in [2.05, 4.69) is 24.4 Å². The average Bonchev–Trinajstić information content (AvgIpc) is 2.10. The molecule has 1 unspecified atom stereocenters. The van der Waals surface area contributed by atoms with Crippen molar-refractivity contribution in [2.45, 2.75) is 26.8 Å². The van der Waals surface area contributed by atoms with Gasteiger partial charge in [-0.2, -0.15) is 0 Å². The largest absolute Gasteiger partial charge is 0.307 e. The minimum Gasteiger partial charge on any atom is -0.307 e. The number of nitrogens with one attached hydrogen (secondary N) is 1. The Hall–Kier alpha value is -1.15. The molecule has 1 N–H and O–H groups in total. The standard InChI is InChI=1S/C12H17NO/c1-8-5-9(2)12(10(3)6-8)11(7-14)13-4/h5-7,11,13H,1-4H3. The number of hydrogen-bond donors (Lipinski definition) is 1. The maximum Gasteiger partial charge on any atom is 0.141 e. The van der Waals surface area contributed by atoms with E-state index in [0.717, 1.165) is 11.8 Å². The highest BCUT2D eigenvalue weighted by atomic mass is 16.1. The highest BCUT2D eigenvalue weighted by molar-refractivity contribution is 5.64. The first-order valence-electron chi connectivity index (χ1n) is 4.80. The molecular formula is C12H17NO. The van der Waals surface area contributed by atoms with Gasteiger partial charge in [0, 0.05) is 0 Å². The summed E-state index contributed by atoms with van der Waals surface area (Å²) in [6, 6.07) is 4.03. The fourth-order valence-corrected chi connectivity index (χ4v) is 1.96. The van der Waals surface area contributed by atoms with E-state index in [1.54, 1.807) is 7.05 Å². The average molecular weight is 191 g/mol. The molecule has 1 aromatic carbocycles. The van der Waals surface area contributed by atoms with Crippen molar-refractivity contribution in [3.8, 4) is 0 Å². The Labute approximate surface area is 85.3 Å². The SMILES string of the molecule is CNC(C=O)c1c(C)cc(C)cc1C. The third-order valence-electron chi connectivity index (χ3n) is 2.50. The predicted octanol–water partition coefficient (Wildman–Crippen LogP) is 2.07. The van der Waals surface area contributed by atoms with E-state index in [1.807, 2.05) is 13.8 Å². The second-order valence-corrected chi connectivity index (χ2v) is 3.71. The van der Waals surface area contributed by atoms with Crippen LogP contribution in [0.1, 0.15) is 28.3 Å². The summed E-state index contributed by atoms with van der Waals surface area (Å²) < 4.78 is 0. The van der Waals surface area contributed by atoms with Gasteiger partial charge in [-0.15, -0.1) is 0 Å². The molecule has 0 aliphatic carbocycles. The van der Waals surface area contributed by atoms with Crippen molar-refractivity contribution in [2.75, 3.05) is 7.05 Å². The van der Waals surface area contributed by atoms with E-state index in [1.165, 1.54) is 16.7 Å². The highest BCUT2D eigenvalue weighted by Gasteiger charge is 2.13. The Balaban J connectivity index is 3.25. The molecule has 0 aromatic heterocycles. The molecule has 1 rings (SSSR count). The Morgan fingerprint density at radius 3 is 2.07 bits per heavy atom. The summed E-state index contributed by atoms with van der Waals surface area (Å²) >= 11 is 0. The molecular weight excluding hydrogens is 174 g/mol. The second kappa shape index (κ2) is 4.38. The molecule has 0 aliphatic rings. The molecule has 76 valence electrons. The summed E-state index contributed by atoms with van der Waals surface area (Å²) in [5.41, 5.74) is 4.69. The van der Waals surface area contributed by atoms with Crippen LogP contribution in [0.15, 0.2) is 12.1 Å². The number of carbonyl (C=O) groups is 1. The number of rotatable bonds is 3. The lowest BCUT2D eigenvalue weighted by Gasteiger charge is -2.16. The van der Waals surface area contributed by atoms with E-state index in [4.69, 9.17) is 0 Å². The van der Waals surface area contributed by atoms with Crippen molar-refractivity contribution in [2.24, 2.45) is 0 Å². The zero-order valence-corrected chi connectivity index (χ0v) is 9.22. The van der Waals surface area contributed by atoms with Gasteiger partial charge >= 0.3 is 0 Å². The third kappa shape index (κ3) is 2.02. The maximum absolute atomic E-state index is 10.9. The van der Waals surface area contributed by atoms with Crippen LogP contribution in [-0.2, 0) is 4.79 Å². The van der Waals surface area contributed by atoms with Gasteiger partial charge in [-0.25, -0.2) is 0 Å². The van der Waals surface area contributed by atoms with Crippen molar-refractivity contribution >= 4 is 6.29 Å². The summed E-state index contributed by atoms with van der Waals surface area (Å²) in [5.74, 6) is 0. The molecule has 0 saturated carbocycles. The summed E-state index contributed by atoms with van der Waals surface area (Å²) in [4.78, 5) is 10.9. The zero-order valence-electron chi connectivity index (χ0n) is 9.22. The summed E-state index contributed by atoms with van der Waals surface area (Å²) in [7, 11) is 1.80. The van der Waals surface area contributed by atoms with Crippen molar-refractivity contribution in [1.29, 1.82) is 0 Å².